The Morgan fingerprint density at radius 3 is 2.42 bits per heavy atom. The number of carbonyl (C=O) groups is 1. The summed E-state index contributed by atoms with van der Waals surface area (Å²) < 4.78 is 26.3. The summed E-state index contributed by atoms with van der Waals surface area (Å²) in [6, 6.07) is 12.6. The Morgan fingerprint density at radius 1 is 1.00 bits per heavy atom. The van der Waals surface area contributed by atoms with Gasteiger partial charge in [0.05, 0.1) is 11.6 Å². The maximum absolute atomic E-state index is 13.3. The number of nitriles is 1. The molecule has 0 aromatic heterocycles. The number of hydrogen-bond donors (Lipinski definition) is 0. The third kappa shape index (κ3) is 3.20. The van der Waals surface area contributed by atoms with Gasteiger partial charge in [0.15, 0.2) is 11.6 Å². The van der Waals surface area contributed by atoms with Crippen LogP contribution in [0, 0.1) is 23.0 Å². The van der Waals surface area contributed by atoms with Crippen molar-refractivity contribution < 1.29 is 13.6 Å². The summed E-state index contributed by atoms with van der Waals surface area (Å²) in [4.78, 5) is 16.1. The fourth-order valence-corrected chi connectivity index (χ4v) is 2.75. The van der Waals surface area contributed by atoms with Gasteiger partial charge in [-0.3, -0.25) is 4.79 Å². The molecule has 0 unspecified atom stereocenters. The summed E-state index contributed by atoms with van der Waals surface area (Å²) >= 11 is 0. The van der Waals surface area contributed by atoms with Gasteiger partial charge < -0.3 is 9.80 Å². The second kappa shape index (κ2) is 6.67. The lowest BCUT2D eigenvalue weighted by atomic mass is 10.1. The fourth-order valence-electron chi connectivity index (χ4n) is 2.75. The fraction of sp³-hybridized carbons (Fsp3) is 0.222. The third-order valence-electron chi connectivity index (χ3n) is 4.07. The van der Waals surface area contributed by atoms with Crippen LogP contribution in [0.2, 0.25) is 0 Å². The lowest BCUT2D eigenvalue weighted by Gasteiger charge is -2.36. The number of rotatable bonds is 2. The molecule has 0 spiro atoms. The lowest BCUT2D eigenvalue weighted by Crippen LogP contribution is -2.48. The molecular formula is C18H15F2N3O. The molecule has 2 aromatic rings. The van der Waals surface area contributed by atoms with E-state index in [4.69, 9.17) is 5.26 Å². The Kier molecular flexibility index (Phi) is 4.43. The molecule has 24 heavy (non-hydrogen) atoms. The zero-order valence-electron chi connectivity index (χ0n) is 12.9. The predicted molar refractivity (Wildman–Crippen MR) is 85.6 cm³/mol. The minimum Gasteiger partial charge on any atom is -0.368 e. The maximum atomic E-state index is 13.3. The number of amides is 1. The largest absolute Gasteiger partial charge is 0.368 e. The topological polar surface area (TPSA) is 47.3 Å². The zero-order chi connectivity index (χ0) is 17.1. The number of hydrogen-bond acceptors (Lipinski definition) is 3. The molecule has 1 fully saturated rings. The second-order valence-corrected chi connectivity index (χ2v) is 5.57. The van der Waals surface area contributed by atoms with E-state index in [9.17, 15) is 13.6 Å². The van der Waals surface area contributed by atoms with Gasteiger partial charge in [0.1, 0.15) is 0 Å². The number of halogens is 2. The van der Waals surface area contributed by atoms with Gasteiger partial charge in [0, 0.05) is 37.4 Å². The molecule has 0 aliphatic carbocycles. The van der Waals surface area contributed by atoms with Crippen molar-refractivity contribution in [1.29, 1.82) is 5.26 Å². The first-order chi connectivity index (χ1) is 11.6. The second-order valence-electron chi connectivity index (χ2n) is 5.57. The van der Waals surface area contributed by atoms with Gasteiger partial charge in [-0.25, -0.2) is 8.78 Å². The van der Waals surface area contributed by atoms with Crippen LogP contribution in [0.15, 0.2) is 42.5 Å². The van der Waals surface area contributed by atoms with E-state index >= 15 is 0 Å². The van der Waals surface area contributed by atoms with Gasteiger partial charge in [-0.2, -0.15) is 5.26 Å². The van der Waals surface area contributed by atoms with E-state index in [1.54, 1.807) is 11.0 Å². The van der Waals surface area contributed by atoms with Crippen molar-refractivity contribution in [3.8, 4) is 6.07 Å². The minimum absolute atomic E-state index is 0.147. The summed E-state index contributed by atoms with van der Waals surface area (Å²) in [5, 5.41) is 8.96. The van der Waals surface area contributed by atoms with Crippen LogP contribution in [0.5, 0.6) is 0 Å². The molecule has 0 atom stereocenters. The molecule has 1 saturated heterocycles. The molecule has 0 saturated carbocycles. The van der Waals surface area contributed by atoms with Crippen LogP contribution < -0.4 is 4.90 Å². The zero-order valence-corrected chi connectivity index (χ0v) is 12.9. The number of carbonyl (C=O) groups excluding carboxylic acids is 1. The predicted octanol–water partition coefficient (Wildman–Crippen LogP) is 2.80. The minimum atomic E-state index is -1.02. The molecule has 1 aliphatic heterocycles. The van der Waals surface area contributed by atoms with Crippen molar-refractivity contribution in [2.45, 2.75) is 0 Å². The highest BCUT2D eigenvalue weighted by Crippen LogP contribution is 2.19. The molecule has 6 heteroatoms. The number of benzene rings is 2. The van der Waals surface area contributed by atoms with Crippen molar-refractivity contribution in [3.05, 3.63) is 65.2 Å². The van der Waals surface area contributed by atoms with Gasteiger partial charge in [0.25, 0.3) is 5.91 Å². The molecule has 122 valence electrons. The molecule has 4 nitrogen and oxygen atoms in total. The van der Waals surface area contributed by atoms with Crippen LogP contribution in [0.3, 0.4) is 0 Å². The molecule has 0 radical (unpaired) electrons. The molecule has 2 aromatic carbocycles. The van der Waals surface area contributed by atoms with Crippen LogP contribution >= 0.6 is 0 Å². The number of piperazine rings is 1. The van der Waals surface area contributed by atoms with Gasteiger partial charge in [0.2, 0.25) is 0 Å². The highest BCUT2D eigenvalue weighted by Gasteiger charge is 2.23. The highest BCUT2D eigenvalue weighted by molar-refractivity contribution is 5.94. The maximum Gasteiger partial charge on any atom is 0.254 e. The van der Waals surface area contributed by atoms with Crippen molar-refractivity contribution in [2.75, 3.05) is 31.1 Å². The Morgan fingerprint density at radius 2 is 1.75 bits per heavy atom. The van der Waals surface area contributed by atoms with Crippen LogP contribution in [-0.4, -0.2) is 37.0 Å². The van der Waals surface area contributed by atoms with Gasteiger partial charge in [-0.15, -0.1) is 0 Å². The van der Waals surface area contributed by atoms with Crippen LogP contribution in [0.4, 0.5) is 14.5 Å². The summed E-state index contributed by atoms with van der Waals surface area (Å²) in [5.41, 5.74) is 1.68. The highest BCUT2D eigenvalue weighted by atomic mass is 19.2. The molecule has 0 N–H and O–H groups in total. The number of anilines is 1. The van der Waals surface area contributed by atoms with Gasteiger partial charge in [-0.05, 0) is 36.4 Å². The average Bonchev–Trinajstić information content (AvgIpc) is 2.63. The normalized spacial score (nSPS) is 14.4. The molecule has 0 bridgehead atoms. The summed E-state index contributed by atoms with van der Waals surface area (Å²) in [6.07, 6.45) is 0. The molecule has 3 rings (SSSR count). The van der Waals surface area contributed by atoms with Crippen molar-refractivity contribution in [1.82, 2.24) is 4.90 Å². The Labute approximate surface area is 138 Å². The van der Waals surface area contributed by atoms with E-state index in [1.807, 2.05) is 18.2 Å². The van der Waals surface area contributed by atoms with Gasteiger partial charge in [-0.1, -0.05) is 6.07 Å². The third-order valence-corrected chi connectivity index (χ3v) is 4.07. The van der Waals surface area contributed by atoms with Crippen molar-refractivity contribution in [2.24, 2.45) is 0 Å². The van der Waals surface area contributed by atoms with Crippen molar-refractivity contribution in [3.63, 3.8) is 0 Å². The molecule has 1 aliphatic rings. The monoisotopic (exact) mass is 327 g/mol. The van der Waals surface area contributed by atoms with E-state index < -0.39 is 11.6 Å². The average molecular weight is 327 g/mol. The Bertz CT molecular complexity index is 808. The van der Waals surface area contributed by atoms with Crippen LogP contribution in [0.25, 0.3) is 0 Å². The smallest absolute Gasteiger partial charge is 0.254 e. The van der Waals surface area contributed by atoms with E-state index in [-0.39, 0.29) is 11.5 Å². The number of nitrogens with zero attached hydrogens (tertiary/aromatic N) is 3. The standard InChI is InChI=1S/C18H15F2N3O/c19-16-5-4-14(11-17(16)20)18(24)23-8-6-22(7-9-23)15-3-1-2-13(10-15)12-21/h1-5,10-11H,6-9H2. The molecule has 1 heterocycles. The van der Waals surface area contributed by atoms with E-state index in [0.717, 1.165) is 17.8 Å². The quantitative estimate of drug-likeness (QED) is 0.852. The summed E-state index contributed by atoms with van der Waals surface area (Å²) in [7, 11) is 0. The summed E-state index contributed by atoms with van der Waals surface area (Å²) in [6.45, 7) is 2.19. The van der Waals surface area contributed by atoms with E-state index in [1.165, 1.54) is 6.07 Å². The summed E-state index contributed by atoms with van der Waals surface area (Å²) in [5.74, 6) is -2.29. The van der Waals surface area contributed by atoms with E-state index in [2.05, 4.69) is 11.0 Å². The SMILES string of the molecule is N#Cc1cccc(N2CCN(C(=O)c3ccc(F)c(F)c3)CC2)c1. The molecular weight excluding hydrogens is 312 g/mol. The Hall–Kier alpha value is -2.94. The van der Waals surface area contributed by atoms with Crippen molar-refractivity contribution >= 4 is 11.6 Å². The van der Waals surface area contributed by atoms with Gasteiger partial charge >= 0.3 is 0 Å². The Balaban J connectivity index is 1.67. The first-order valence-electron chi connectivity index (χ1n) is 7.58. The molecule has 1 amide bonds. The van der Waals surface area contributed by atoms with Crippen LogP contribution in [0.1, 0.15) is 15.9 Å². The lowest BCUT2D eigenvalue weighted by molar-refractivity contribution is 0.0746. The first-order valence-corrected chi connectivity index (χ1v) is 7.58. The van der Waals surface area contributed by atoms with E-state index in [0.29, 0.717) is 31.7 Å². The first kappa shape index (κ1) is 15.9. The van der Waals surface area contributed by atoms with Crippen LogP contribution in [-0.2, 0) is 0 Å².